The lowest BCUT2D eigenvalue weighted by Gasteiger charge is -2.28. The second kappa shape index (κ2) is 8.45. The van der Waals surface area contributed by atoms with Gasteiger partial charge in [-0.25, -0.2) is 9.97 Å². The van der Waals surface area contributed by atoms with Gasteiger partial charge in [-0.05, 0) is 35.9 Å². The summed E-state index contributed by atoms with van der Waals surface area (Å²) in [4.78, 5) is 25.8. The largest absolute Gasteiger partial charge is 0.378 e. The molecular formula is C22H25N5O2. The second-order valence-electron chi connectivity index (χ2n) is 7.27. The molecule has 0 aliphatic carbocycles. The Hall–Kier alpha value is -3.19. The van der Waals surface area contributed by atoms with Gasteiger partial charge in [0.2, 0.25) is 0 Å². The number of aromatic nitrogens is 2. The maximum Gasteiger partial charge on any atom is 0.251 e. The normalized spacial score (nSPS) is 14.1. The van der Waals surface area contributed by atoms with Crippen molar-refractivity contribution in [3.05, 3.63) is 59.9 Å². The van der Waals surface area contributed by atoms with Crippen molar-refractivity contribution in [3.8, 4) is 0 Å². The Balaban J connectivity index is 1.51. The first kappa shape index (κ1) is 19.1. The molecule has 150 valence electrons. The van der Waals surface area contributed by atoms with Gasteiger partial charge in [0, 0.05) is 50.4 Å². The molecule has 0 bridgehead atoms. The van der Waals surface area contributed by atoms with Crippen molar-refractivity contribution >= 4 is 28.3 Å². The number of amides is 1. The zero-order valence-corrected chi connectivity index (χ0v) is 16.8. The number of nitrogens with zero attached hydrogens (tertiary/aromatic N) is 4. The van der Waals surface area contributed by atoms with E-state index in [0.717, 1.165) is 41.1 Å². The molecule has 0 spiro atoms. The lowest BCUT2D eigenvalue weighted by Crippen LogP contribution is -2.36. The number of hydrogen-bond donors (Lipinski definition) is 1. The summed E-state index contributed by atoms with van der Waals surface area (Å²) in [5, 5.41) is 3.89. The predicted molar refractivity (Wildman–Crippen MR) is 115 cm³/mol. The molecule has 1 aromatic heterocycles. The third-order valence-corrected chi connectivity index (χ3v) is 5.09. The monoisotopic (exact) mass is 391 g/mol. The Morgan fingerprint density at radius 2 is 1.86 bits per heavy atom. The number of ether oxygens (including phenoxy) is 1. The number of fused-ring (bicyclic) bond motifs is 1. The molecular weight excluding hydrogens is 366 g/mol. The van der Waals surface area contributed by atoms with Crippen molar-refractivity contribution < 1.29 is 9.53 Å². The fourth-order valence-corrected chi connectivity index (χ4v) is 3.41. The van der Waals surface area contributed by atoms with Crippen LogP contribution in [0.25, 0.3) is 10.9 Å². The predicted octanol–water partition coefficient (Wildman–Crippen LogP) is 2.46. The molecule has 3 aromatic rings. The number of anilines is 2. The smallest absolute Gasteiger partial charge is 0.251 e. The molecule has 0 atom stereocenters. The van der Waals surface area contributed by atoms with Crippen molar-refractivity contribution in [2.45, 2.75) is 6.54 Å². The Labute approximate surface area is 170 Å². The van der Waals surface area contributed by atoms with Crippen LogP contribution in [0.2, 0.25) is 0 Å². The standard InChI is InChI=1S/C22H25N5O2/c1-26(2)18-6-3-16(4-7-18)14-23-22(28)17-5-8-20-19(13-17)21(25-15-24-20)27-9-11-29-12-10-27/h3-8,13,15H,9-12,14H2,1-2H3,(H,23,28). The van der Waals surface area contributed by atoms with Gasteiger partial charge >= 0.3 is 0 Å². The number of benzene rings is 2. The van der Waals surface area contributed by atoms with Crippen molar-refractivity contribution in [1.82, 2.24) is 15.3 Å². The minimum atomic E-state index is -0.111. The molecule has 7 heteroatoms. The first-order valence-electron chi connectivity index (χ1n) is 9.74. The van der Waals surface area contributed by atoms with E-state index < -0.39 is 0 Å². The molecule has 29 heavy (non-hydrogen) atoms. The first-order valence-corrected chi connectivity index (χ1v) is 9.74. The van der Waals surface area contributed by atoms with Crippen LogP contribution in [0.1, 0.15) is 15.9 Å². The van der Waals surface area contributed by atoms with Gasteiger partial charge < -0.3 is 19.9 Å². The summed E-state index contributed by atoms with van der Waals surface area (Å²) in [6.45, 7) is 3.40. The van der Waals surface area contributed by atoms with E-state index in [1.54, 1.807) is 6.33 Å². The van der Waals surface area contributed by atoms with Crippen LogP contribution in [-0.2, 0) is 11.3 Å². The number of nitrogens with one attached hydrogen (secondary N) is 1. The molecule has 7 nitrogen and oxygen atoms in total. The number of carbonyl (C=O) groups is 1. The Morgan fingerprint density at radius 1 is 1.10 bits per heavy atom. The molecule has 1 N–H and O–H groups in total. The third kappa shape index (κ3) is 4.30. The molecule has 0 radical (unpaired) electrons. The molecule has 1 aliphatic rings. The number of carbonyl (C=O) groups excluding carboxylic acids is 1. The van der Waals surface area contributed by atoms with Crippen molar-refractivity contribution in [2.24, 2.45) is 0 Å². The first-order chi connectivity index (χ1) is 14.1. The lowest BCUT2D eigenvalue weighted by molar-refractivity contribution is 0.0951. The van der Waals surface area contributed by atoms with E-state index in [9.17, 15) is 4.79 Å². The fourth-order valence-electron chi connectivity index (χ4n) is 3.41. The molecule has 1 aliphatic heterocycles. The quantitative estimate of drug-likeness (QED) is 0.721. The van der Waals surface area contributed by atoms with Gasteiger partial charge in [-0.3, -0.25) is 4.79 Å². The SMILES string of the molecule is CN(C)c1ccc(CNC(=O)c2ccc3ncnc(N4CCOCC4)c3c2)cc1. The lowest BCUT2D eigenvalue weighted by atomic mass is 10.1. The molecule has 1 amide bonds. The fraction of sp³-hybridized carbons (Fsp3) is 0.318. The molecule has 4 rings (SSSR count). The van der Waals surface area contributed by atoms with Gasteiger partial charge in [-0.2, -0.15) is 0 Å². The van der Waals surface area contributed by atoms with E-state index in [-0.39, 0.29) is 5.91 Å². The van der Waals surface area contributed by atoms with Crippen LogP contribution in [0, 0.1) is 0 Å². The summed E-state index contributed by atoms with van der Waals surface area (Å²) in [5.41, 5.74) is 3.62. The maximum absolute atomic E-state index is 12.7. The molecule has 0 unspecified atom stereocenters. The molecule has 2 heterocycles. The third-order valence-electron chi connectivity index (χ3n) is 5.09. The van der Waals surface area contributed by atoms with E-state index in [1.807, 2.05) is 61.5 Å². The topological polar surface area (TPSA) is 70.6 Å². The van der Waals surface area contributed by atoms with Crippen LogP contribution in [-0.4, -0.2) is 56.3 Å². The van der Waals surface area contributed by atoms with Crippen LogP contribution < -0.4 is 15.1 Å². The second-order valence-corrected chi connectivity index (χ2v) is 7.27. The highest BCUT2D eigenvalue weighted by Crippen LogP contribution is 2.25. The van der Waals surface area contributed by atoms with Gasteiger partial charge in [0.25, 0.3) is 5.91 Å². The van der Waals surface area contributed by atoms with Crippen LogP contribution >= 0.6 is 0 Å². The average molecular weight is 391 g/mol. The Bertz CT molecular complexity index is 998. The highest BCUT2D eigenvalue weighted by atomic mass is 16.5. The minimum absolute atomic E-state index is 0.111. The van der Waals surface area contributed by atoms with E-state index in [4.69, 9.17) is 4.74 Å². The van der Waals surface area contributed by atoms with Gasteiger partial charge in [0.15, 0.2) is 0 Å². The molecule has 1 fully saturated rings. The van der Waals surface area contributed by atoms with Crippen LogP contribution in [0.3, 0.4) is 0 Å². The Morgan fingerprint density at radius 3 is 2.59 bits per heavy atom. The highest BCUT2D eigenvalue weighted by molar-refractivity contribution is 6.00. The zero-order valence-electron chi connectivity index (χ0n) is 16.8. The number of rotatable bonds is 5. The molecule has 1 saturated heterocycles. The number of hydrogen-bond acceptors (Lipinski definition) is 6. The zero-order chi connectivity index (χ0) is 20.2. The van der Waals surface area contributed by atoms with Crippen LogP contribution in [0.15, 0.2) is 48.8 Å². The van der Waals surface area contributed by atoms with Gasteiger partial charge in [-0.15, -0.1) is 0 Å². The van der Waals surface area contributed by atoms with Gasteiger partial charge in [0.05, 0.1) is 18.7 Å². The molecule has 0 saturated carbocycles. The summed E-state index contributed by atoms with van der Waals surface area (Å²) in [6.07, 6.45) is 1.57. The highest BCUT2D eigenvalue weighted by Gasteiger charge is 2.17. The molecule has 2 aromatic carbocycles. The van der Waals surface area contributed by atoms with E-state index in [1.165, 1.54) is 0 Å². The summed E-state index contributed by atoms with van der Waals surface area (Å²) in [7, 11) is 4.01. The van der Waals surface area contributed by atoms with Crippen molar-refractivity contribution in [1.29, 1.82) is 0 Å². The van der Waals surface area contributed by atoms with E-state index >= 15 is 0 Å². The van der Waals surface area contributed by atoms with Gasteiger partial charge in [0.1, 0.15) is 12.1 Å². The summed E-state index contributed by atoms with van der Waals surface area (Å²) >= 11 is 0. The van der Waals surface area contributed by atoms with Crippen LogP contribution in [0.5, 0.6) is 0 Å². The van der Waals surface area contributed by atoms with Crippen molar-refractivity contribution in [3.63, 3.8) is 0 Å². The summed E-state index contributed by atoms with van der Waals surface area (Å²) in [6, 6.07) is 13.7. The van der Waals surface area contributed by atoms with E-state index in [2.05, 4.69) is 20.2 Å². The van der Waals surface area contributed by atoms with E-state index in [0.29, 0.717) is 25.3 Å². The number of morpholine rings is 1. The average Bonchev–Trinajstić information content (AvgIpc) is 2.77. The van der Waals surface area contributed by atoms with Gasteiger partial charge in [-0.1, -0.05) is 12.1 Å². The Kier molecular flexibility index (Phi) is 5.57. The maximum atomic E-state index is 12.7. The minimum Gasteiger partial charge on any atom is -0.378 e. The van der Waals surface area contributed by atoms with Crippen molar-refractivity contribution in [2.75, 3.05) is 50.2 Å². The summed E-state index contributed by atoms with van der Waals surface area (Å²) in [5.74, 6) is 0.743. The van der Waals surface area contributed by atoms with Crippen LogP contribution in [0.4, 0.5) is 11.5 Å². The summed E-state index contributed by atoms with van der Waals surface area (Å²) < 4.78 is 5.44.